The molecule has 4 aromatic carbocycles. The molecule has 1 amide bonds. The number of rotatable bonds is 6. The van der Waals surface area contributed by atoms with Gasteiger partial charge in [-0.15, -0.1) is 0 Å². The number of benzene rings is 4. The Morgan fingerprint density at radius 1 is 0.923 bits per heavy atom. The van der Waals surface area contributed by atoms with E-state index >= 15 is 0 Å². The van der Waals surface area contributed by atoms with Crippen molar-refractivity contribution in [3.63, 3.8) is 0 Å². The van der Waals surface area contributed by atoms with Gasteiger partial charge in [0.25, 0.3) is 5.91 Å². The highest BCUT2D eigenvalue weighted by Gasteiger charge is 2.23. The predicted octanol–water partition coefficient (Wildman–Crippen LogP) is 5.74. The van der Waals surface area contributed by atoms with Gasteiger partial charge in [0.05, 0.1) is 11.6 Å². The summed E-state index contributed by atoms with van der Waals surface area (Å²) in [5.41, 5.74) is 7.20. The molecule has 196 valence electrons. The quantitative estimate of drug-likeness (QED) is 0.340. The Kier molecular flexibility index (Phi) is 6.76. The van der Waals surface area contributed by atoms with E-state index in [9.17, 15) is 14.7 Å². The van der Waals surface area contributed by atoms with E-state index in [2.05, 4.69) is 28.4 Å². The van der Waals surface area contributed by atoms with E-state index in [1.165, 1.54) is 5.56 Å². The Morgan fingerprint density at radius 2 is 1.72 bits per heavy atom. The first-order valence-electron chi connectivity index (χ1n) is 13.4. The lowest BCUT2D eigenvalue weighted by Crippen LogP contribution is -2.42. The smallest absolute Gasteiger partial charge is 0.336 e. The van der Waals surface area contributed by atoms with Crippen molar-refractivity contribution >= 4 is 17.6 Å². The highest BCUT2D eigenvalue weighted by molar-refractivity contribution is 5.96. The molecule has 0 aliphatic carbocycles. The Hall–Kier alpha value is -4.58. The van der Waals surface area contributed by atoms with Crippen LogP contribution in [0.1, 0.15) is 43.8 Å². The van der Waals surface area contributed by atoms with Crippen LogP contribution in [-0.2, 0) is 19.4 Å². The molecule has 0 radical (unpaired) electrons. The van der Waals surface area contributed by atoms with Gasteiger partial charge in [0.15, 0.2) is 0 Å². The number of fused-ring (bicyclic) bond motifs is 2. The number of carbonyl (C=O) groups excluding carboxylic acids is 1. The van der Waals surface area contributed by atoms with Crippen molar-refractivity contribution in [3.05, 3.63) is 119 Å². The van der Waals surface area contributed by atoms with Crippen molar-refractivity contribution in [2.24, 2.45) is 0 Å². The highest BCUT2D eigenvalue weighted by atomic mass is 16.5. The average Bonchev–Trinajstić information content (AvgIpc) is 2.97. The molecule has 6 rings (SSSR count). The van der Waals surface area contributed by atoms with Crippen LogP contribution in [0.15, 0.2) is 91.0 Å². The summed E-state index contributed by atoms with van der Waals surface area (Å²) in [5.74, 6) is -0.0956. The molecule has 0 saturated heterocycles. The van der Waals surface area contributed by atoms with Crippen molar-refractivity contribution in [1.29, 1.82) is 0 Å². The van der Waals surface area contributed by atoms with Crippen LogP contribution in [0.3, 0.4) is 0 Å². The second-order valence-corrected chi connectivity index (χ2v) is 10.2. The number of hydrogen-bond donors (Lipinski definition) is 2. The zero-order chi connectivity index (χ0) is 26.8. The number of aromatic carboxylic acids is 1. The van der Waals surface area contributed by atoms with Crippen LogP contribution in [0.4, 0.5) is 5.69 Å². The van der Waals surface area contributed by atoms with E-state index in [4.69, 9.17) is 4.74 Å². The molecule has 1 unspecified atom stereocenters. The van der Waals surface area contributed by atoms with Gasteiger partial charge in [-0.3, -0.25) is 4.79 Å². The van der Waals surface area contributed by atoms with Crippen LogP contribution in [0.25, 0.3) is 11.1 Å². The largest absolute Gasteiger partial charge is 0.491 e. The van der Waals surface area contributed by atoms with Gasteiger partial charge in [0, 0.05) is 24.3 Å². The van der Waals surface area contributed by atoms with Crippen LogP contribution in [0.2, 0.25) is 0 Å². The van der Waals surface area contributed by atoms with Crippen LogP contribution in [0.5, 0.6) is 5.75 Å². The first-order valence-corrected chi connectivity index (χ1v) is 13.4. The fraction of sp³-hybridized carbons (Fsp3) is 0.212. The number of para-hydroxylation sites is 1. The van der Waals surface area contributed by atoms with E-state index in [-0.39, 0.29) is 11.9 Å². The van der Waals surface area contributed by atoms with E-state index in [0.717, 1.165) is 66.0 Å². The van der Waals surface area contributed by atoms with Crippen LogP contribution in [-0.4, -0.2) is 36.2 Å². The summed E-state index contributed by atoms with van der Waals surface area (Å²) in [7, 11) is 0. The van der Waals surface area contributed by atoms with Gasteiger partial charge >= 0.3 is 5.97 Å². The number of carboxylic acids is 1. The number of amides is 1. The first-order chi connectivity index (χ1) is 19.0. The second-order valence-electron chi connectivity index (χ2n) is 10.2. The summed E-state index contributed by atoms with van der Waals surface area (Å²) >= 11 is 0. The van der Waals surface area contributed by atoms with E-state index < -0.39 is 5.97 Å². The third-order valence-electron chi connectivity index (χ3n) is 7.57. The number of ether oxygens (including phenoxy) is 1. The number of aryl methyl sites for hydroxylation is 1. The molecule has 39 heavy (non-hydrogen) atoms. The minimum atomic E-state index is -0.926. The van der Waals surface area contributed by atoms with Gasteiger partial charge in [-0.1, -0.05) is 60.7 Å². The minimum Gasteiger partial charge on any atom is -0.491 e. The van der Waals surface area contributed by atoms with Crippen molar-refractivity contribution in [1.82, 2.24) is 5.32 Å². The van der Waals surface area contributed by atoms with Crippen molar-refractivity contribution in [2.45, 2.75) is 31.8 Å². The number of carbonyl (C=O) groups is 2. The predicted molar refractivity (Wildman–Crippen MR) is 152 cm³/mol. The van der Waals surface area contributed by atoms with E-state index in [1.807, 2.05) is 60.7 Å². The summed E-state index contributed by atoms with van der Waals surface area (Å²) in [4.78, 5) is 27.0. The Morgan fingerprint density at radius 3 is 2.56 bits per heavy atom. The van der Waals surface area contributed by atoms with Gasteiger partial charge < -0.3 is 20.1 Å². The summed E-state index contributed by atoms with van der Waals surface area (Å²) in [5, 5.41) is 12.7. The van der Waals surface area contributed by atoms with Gasteiger partial charge in [0.2, 0.25) is 0 Å². The Bertz CT molecular complexity index is 1530. The number of carboxylic acid groups (broad SMARTS) is 1. The fourth-order valence-electron chi connectivity index (χ4n) is 5.60. The molecule has 0 spiro atoms. The molecule has 0 aromatic heterocycles. The third kappa shape index (κ3) is 5.23. The Labute approximate surface area is 227 Å². The summed E-state index contributed by atoms with van der Waals surface area (Å²) in [6.45, 7) is 2.17. The normalized spacial score (nSPS) is 16.0. The van der Waals surface area contributed by atoms with Crippen LogP contribution >= 0.6 is 0 Å². The molecule has 0 bridgehead atoms. The lowest BCUT2D eigenvalue weighted by molar-refractivity contribution is 0.0697. The van der Waals surface area contributed by atoms with Crippen molar-refractivity contribution in [2.75, 3.05) is 18.1 Å². The standard InChI is InChI=1S/C33H30N2O4/c36-32(34-27-19-25-6-1-4-10-31(25)39-21-27)26-15-16-30-24(18-26)7-5-17-35(30)20-22-11-13-23(14-12-22)28-8-2-3-9-29(28)33(37)38/h1-4,6,8-16,18,27H,5,7,17,19-21H2,(H,34,36)(H,37,38). The molecule has 2 N–H and O–H groups in total. The zero-order valence-corrected chi connectivity index (χ0v) is 21.6. The molecular weight excluding hydrogens is 488 g/mol. The topological polar surface area (TPSA) is 78.9 Å². The molecule has 4 aromatic rings. The Balaban J connectivity index is 1.14. The number of hydrogen-bond acceptors (Lipinski definition) is 4. The fourth-order valence-corrected chi connectivity index (χ4v) is 5.60. The molecule has 6 heteroatoms. The molecule has 2 aliphatic heterocycles. The van der Waals surface area contributed by atoms with Crippen molar-refractivity contribution in [3.8, 4) is 16.9 Å². The van der Waals surface area contributed by atoms with Gasteiger partial charge in [-0.2, -0.15) is 0 Å². The zero-order valence-electron chi connectivity index (χ0n) is 21.6. The average molecular weight is 519 g/mol. The van der Waals surface area contributed by atoms with Crippen molar-refractivity contribution < 1.29 is 19.4 Å². The van der Waals surface area contributed by atoms with Crippen LogP contribution < -0.4 is 15.0 Å². The number of anilines is 1. The summed E-state index contributed by atoms with van der Waals surface area (Å²) in [6, 6.07) is 29.1. The van der Waals surface area contributed by atoms with E-state index in [0.29, 0.717) is 17.7 Å². The van der Waals surface area contributed by atoms with Gasteiger partial charge in [0.1, 0.15) is 12.4 Å². The van der Waals surface area contributed by atoms with Gasteiger partial charge in [-0.05, 0) is 77.4 Å². The highest BCUT2D eigenvalue weighted by Crippen LogP contribution is 2.31. The molecule has 6 nitrogen and oxygen atoms in total. The lowest BCUT2D eigenvalue weighted by Gasteiger charge is -2.32. The number of nitrogens with zero attached hydrogens (tertiary/aromatic N) is 1. The van der Waals surface area contributed by atoms with E-state index in [1.54, 1.807) is 12.1 Å². The summed E-state index contributed by atoms with van der Waals surface area (Å²) in [6.07, 6.45) is 2.73. The molecule has 0 fully saturated rings. The molecule has 0 saturated carbocycles. The second kappa shape index (κ2) is 10.7. The minimum absolute atomic E-state index is 0.0506. The third-order valence-corrected chi connectivity index (χ3v) is 7.57. The molecule has 2 heterocycles. The number of nitrogens with one attached hydrogen (secondary N) is 1. The SMILES string of the molecule is O=C(NC1COc2ccccc2C1)c1ccc2c(c1)CCCN2Cc1ccc(-c2ccccc2C(=O)O)cc1. The molecule has 2 aliphatic rings. The molecule has 1 atom stereocenters. The maximum Gasteiger partial charge on any atom is 0.336 e. The first kappa shape index (κ1) is 24.7. The molecular formula is C33H30N2O4. The maximum atomic E-state index is 13.1. The monoisotopic (exact) mass is 518 g/mol. The summed E-state index contributed by atoms with van der Waals surface area (Å²) < 4.78 is 5.84. The lowest BCUT2D eigenvalue weighted by atomic mass is 9.97. The maximum absolute atomic E-state index is 13.1. The van der Waals surface area contributed by atoms with Gasteiger partial charge in [-0.25, -0.2) is 4.79 Å². The van der Waals surface area contributed by atoms with Crippen LogP contribution in [0, 0.1) is 0 Å².